The molecule has 1 aliphatic heterocycles. The van der Waals surface area contributed by atoms with Crippen LogP contribution in [0.3, 0.4) is 0 Å². The third-order valence-electron chi connectivity index (χ3n) is 2.89. The van der Waals surface area contributed by atoms with Gasteiger partial charge >= 0.3 is 12.0 Å². The van der Waals surface area contributed by atoms with E-state index in [1.54, 1.807) is 0 Å². The Balaban J connectivity index is 2.43. The minimum atomic E-state index is -0.886. The predicted octanol–water partition coefficient (Wildman–Crippen LogP) is -1.09. The van der Waals surface area contributed by atoms with Crippen LogP contribution in [0, 0.1) is 5.92 Å². The van der Waals surface area contributed by atoms with Crippen LogP contribution in [0.25, 0.3) is 0 Å². The van der Waals surface area contributed by atoms with Gasteiger partial charge in [-0.2, -0.15) is 0 Å². The number of piperidine rings is 1. The highest BCUT2D eigenvalue weighted by Gasteiger charge is 2.29. The highest BCUT2D eigenvalue weighted by molar-refractivity contribution is 5.96. The average molecular weight is 273 g/mol. The van der Waals surface area contributed by atoms with Crippen molar-refractivity contribution in [2.24, 2.45) is 5.92 Å². The lowest BCUT2D eigenvalue weighted by Gasteiger charge is -2.29. The summed E-state index contributed by atoms with van der Waals surface area (Å²) in [5, 5.41) is 16.2. The number of carboxylic acid groups (broad SMARTS) is 1. The van der Waals surface area contributed by atoms with E-state index in [0.717, 1.165) is 0 Å². The van der Waals surface area contributed by atoms with E-state index in [0.29, 0.717) is 19.5 Å². The van der Waals surface area contributed by atoms with Crippen LogP contribution >= 0.6 is 0 Å². The molecule has 0 spiro atoms. The van der Waals surface area contributed by atoms with E-state index in [2.05, 4.69) is 16.0 Å². The lowest BCUT2D eigenvalue weighted by molar-refractivity contribution is -0.146. The third-order valence-corrected chi connectivity index (χ3v) is 2.89. The fraction of sp³-hybridized carbons (Fsp3) is 0.727. The van der Waals surface area contributed by atoms with Gasteiger partial charge in [0.15, 0.2) is 0 Å². The van der Waals surface area contributed by atoms with Crippen LogP contribution in [-0.4, -0.2) is 55.4 Å². The minimum absolute atomic E-state index is 0.347. The number of ether oxygens (including phenoxy) is 1. The fourth-order valence-corrected chi connectivity index (χ4v) is 1.82. The molecule has 1 fully saturated rings. The number of carbonyl (C=O) groups is 3. The molecule has 108 valence electrons. The molecule has 1 heterocycles. The molecule has 0 bridgehead atoms. The number of rotatable bonds is 4. The molecule has 3 unspecified atom stereocenters. The summed E-state index contributed by atoms with van der Waals surface area (Å²) in [6.07, 6.45) is -0.836. The zero-order chi connectivity index (χ0) is 14.4. The van der Waals surface area contributed by atoms with Gasteiger partial charge in [-0.05, 0) is 13.3 Å². The number of hydrogen-bond acceptors (Lipinski definition) is 5. The van der Waals surface area contributed by atoms with E-state index < -0.39 is 29.9 Å². The molecular weight excluding hydrogens is 254 g/mol. The summed E-state index contributed by atoms with van der Waals surface area (Å²) in [5.74, 6) is -1.96. The van der Waals surface area contributed by atoms with Crippen molar-refractivity contribution in [3.05, 3.63) is 0 Å². The molecule has 0 aromatic carbocycles. The van der Waals surface area contributed by atoms with Gasteiger partial charge < -0.3 is 20.5 Å². The van der Waals surface area contributed by atoms with Crippen LogP contribution in [0.2, 0.25) is 0 Å². The van der Waals surface area contributed by atoms with Crippen LogP contribution in [0.5, 0.6) is 0 Å². The zero-order valence-corrected chi connectivity index (χ0v) is 10.9. The molecule has 3 amide bonds. The quantitative estimate of drug-likeness (QED) is 0.517. The maximum absolute atomic E-state index is 11.6. The van der Waals surface area contributed by atoms with Gasteiger partial charge in [-0.15, -0.1) is 0 Å². The molecule has 0 aromatic heterocycles. The van der Waals surface area contributed by atoms with Gasteiger partial charge in [-0.3, -0.25) is 14.9 Å². The predicted molar refractivity (Wildman–Crippen MR) is 65.5 cm³/mol. The van der Waals surface area contributed by atoms with Crippen molar-refractivity contribution in [2.45, 2.75) is 25.6 Å². The molecule has 8 nitrogen and oxygen atoms in total. The molecule has 0 saturated carbocycles. The lowest BCUT2D eigenvalue weighted by atomic mass is 9.97. The van der Waals surface area contributed by atoms with Crippen molar-refractivity contribution in [3.63, 3.8) is 0 Å². The van der Waals surface area contributed by atoms with Crippen molar-refractivity contribution in [1.29, 1.82) is 0 Å². The van der Waals surface area contributed by atoms with Crippen LogP contribution in [0.15, 0.2) is 0 Å². The molecular formula is C11H19N3O5. The van der Waals surface area contributed by atoms with Crippen molar-refractivity contribution in [3.8, 4) is 0 Å². The number of carbonyl (C=O) groups excluding carboxylic acids is 2. The summed E-state index contributed by atoms with van der Waals surface area (Å²) < 4.78 is 5.46. The molecule has 0 aromatic rings. The topological polar surface area (TPSA) is 117 Å². The van der Waals surface area contributed by atoms with Gasteiger partial charge in [0.05, 0.1) is 12.0 Å². The number of carboxylic acids is 1. The maximum Gasteiger partial charge on any atom is 0.321 e. The maximum atomic E-state index is 11.6. The SMILES string of the molecule is CNC(=O)NC(=O)C(C)OC1CNCC(C(=O)O)C1. The van der Waals surface area contributed by atoms with Gasteiger partial charge in [0.2, 0.25) is 0 Å². The summed E-state index contributed by atoms with van der Waals surface area (Å²) in [6, 6.07) is -0.606. The lowest BCUT2D eigenvalue weighted by Crippen LogP contribution is -2.48. The second-order valence-electron chi connectivity index (χ2n) is 4.40. The molecule has 1 rings (SSSR count). The van der Waals surface area contributed by atoms with E-state index in [4.69, 9.17) is 9.84 Å². The highest BCUT2D eigenvalue weighted by atomic mass is 16.5. The van der Waals surface area contributed by atoms with Gasteiger partial charge in [-0.25, -0.2) is 4.79 Å². The largest absolute Gasteiger partial charge is 0.481 e. The number of amides is 3. The van der Waals surface area contributed by atoms with Crippen molar-refractivity contribution < 1.29 is 24.2 Å². The molecule has 1 aliphatic rings. The Morgan fingerprint density at radius 1 is 1.37 bits per heavy atom. The molecule has 8 heteroatoms. The number of hydrogen-bond donors (Lipinski definition) is 4. The minimum Gasteiger partial charge on any atom is -0.481 e. The van der Waals surface area contributed by atoms with Crippen molar-refractivity contribution in [1.82, 2.24) is 16.0 Å². The molecule has 19 heavy (non-hydrogen) atoms. The van der Waals surface area contributed by atoms with E-state index in [-0.39, 0.29) is 6.10 Å². The summed E-state index contributed by atoms with van der Waals surface area (Å²) in [6.45, 7) is 2.40. The second-order valence-corrected chi connectivity index (χ2v) is 4.40. The molecule has 3 atom stereocenters. The van der Waals surface area contributed by atoms with Gasteiger partial charge in [0, 0.05) is 20.1 Å². The second kappa shape index (κ2) is 7.05. The molecule has 0 radical (unpaired) electrons. The molecule has 0 aliphatic carbocycles. The molecule has 4 N–H and O–H groups in total. The Bertz CT molecular complexity index is 360. The monoisotopic (exact) mass is 273 g/mol. The summed E-state index contributed by atoms with van der Waals surface area (Å²) in [4.78, 5) is 33.4. The average Bonchev–Trinajstić information content (AvgIpc) is 2.38. The van der Waals surface area contributed by atoms with E-state index in [1.165, 1.54) is 14.0 Å². The van der Waals surface area contributed by atoms with E-state index in [9.17, 15) is 14.4 Å². The molecule has 1 saturated heterocycles. The standard InChI is InChI=1S/C11H19N3O5/c1-6(9(15)14-11(18)12-2)19-8-3-7(10(16)17)4-13-5-8/h6-8,13H,3-5H2,1-2H3,(H,16,17)(H2,12,14,15,18). The number of nitrogens with one attached hydrogen (secondary N) is 3. The number of imide groups is 1. The number of aliphatic carboxylic acids is 1. The van der Waals surface area contributed by atoms with Crippen LogP contribution in [0.1, 0.15) is 13.3 Å². The Morgan fingerprint density at radius 2 is 2.05 bits per heavy atom. The Hall–Kier alpha value is -1.67. The highest BCUT2D eigenvalue weighted by Crippen LogP contribution is 2.15. The zero-order valence-electron chi connectivity index (χ0n) is 10.9. The summed E-state index contributed by atoms with van der Waals surface area (Å²) in [5.41, 5.74) is 0. The first kappa shape index (κ1) is 15.4. The summed E-state index contributed by atoms with van der Waals surface area (Å²) >= 11 is 0. The fourth-order valence-electron chi connectivity index (χ4n) is 1.82. The summed E-state index contributed by atoms with van der Waals surface area (Å²) in [7, 11) is 1.40. The van der Waals surface area contributed by atoms with Crippen molar-refractivity contribution >= 4 is 17.9 Å². The third kappa shape index (κ3) is 4.84. The van der Waals surface area contributed by atoms with Gasteiger partial charge in [-0.1, -0.05) is 0 Å². The first-order chi connectivity index (χ1) is 8.93. The van der Waals surface area contributed by atoms with Crippen LogP contribution < -0.4 is 16.0 Å². The van der Waals surface area contributed by atoms with Crippen molar-refractivity contribution in [2.75, 3.05) is 20.1 Å². The smallest absolute Gasteiger partial charge is 0.321 e. The van der Waals surface area contributed by atoms with Crippen LogP contribution in [0.4, 0.5) is 4.79 Å². The Morgan fingerprint density at radius 3 is 2.63 bits per heavy atom. The van der Waals surface area contributed by atoms with E-state index in [1.807, 2.05) is 0 Å². The number of urea groups is 1. The van der Waals surface area contributed by atoms with Gasteiger partial charge in [0.1, 0.15) is 6.10 Å². The first-order valence-corrected chi connectivity index (χ1v) is 6.05. The Kier molecular flexibility index (Phi) is 5.71. The normalized spacial score (nSPS) is 24.3. The van der Waals surface area contributed by atoms with Crippen LogP contribution in [-0.2, 0) is 14.3 Å². The van der Waals surface area contributed by atoms with Gasteiger partial charge in [0.25, 0.3) is 5.91 Å². The Labute approximate surface area is 110 Å². The van der Waals surface area contributed by atoms with E-state index >= 15 is 0 Å². The first-order valence-electron chi connectivity index (χ1n) is 6.05.